The van der Waals surface area contributed by atoms with Crippen LogP contribution in [0.2, 0.25) is 0 Å². The highest BCUT2D eigenvalue weighted by molar-refractivity contribution is 5.37. The summed E-state index contributed by atoms with van der Waals surface area (Å²) in [6, 6.07) is 1.83. The van der Waals surface area contributed by atoms with Crippen LogP contribution < -0.4 is 15.8 Å². The molecule has 1 heterocycles. The molecule has 0 radical (unpaired) electrons. The average Bonchev–Trinajstić information content (AvgIpc) is 3.07. The molecule has 94 valence electrons. The number of ether oxygens (including phenoxy) is 1. The van der Waals surface area contributed by atoms with Gasteiger partial charge in [0.05, 0.1) is 6.10 Å². The zero-order valence-corrected chi connectivity index (χ0v) is 10.4. The summed E-state index contributed by atoms with van der Waals surface area (Å²) in [6.07, 6.45) is 4.05. The van der Waals surface area contributed by atoms with Gasteiger partial charge in [-0.05, 0) is 38.6 Å². The van der Waals surface area contributed by atoms with Crippen molar-refractivity contribution in [3.8, 4) is 5.88 Å². The van der Waals surface area contributed by atoms with Gasteiger partial charge in [0.25, 0.3) is 0 Å². The molecule has 5 heteroatoms. The molecule has 2 rings (SSSR count). The lowest BCUT2D eigenvalue weighted by Gasteiger charge is -2.14. The van der Waals surface area contributed by atoms with E-state index in [9.17, 15) is 0 Å². The maximum absolute atomic E-state index is 5.73. The van der Waals surface area contributed by atoms with Crippen molar-refractivity contribution in [1.82, 2.24) is 9.97 Å². The molecule has 1 aromatic heterocycles. The van der Waals surface area contributed by atoms with Crippen molar-refractivity contribution in [2.24, 2.45) is 11.1 Å². The Labute approximate surface area is 102 Å². The standard InChI is InChI=1S/C12H20N4O/c1-9(2)17-11-5-10(15-8-16-11)14-7-12(6-13)3-4-12/h5,8-9H,3-4,6-7,13H2,1-2H3,(H,14,15,16). The summed E-state index contributed by atoms with van der Waals surface area (Å²) in [4.78, 5) is 8.23. The summed E-state index contributed by atoms with van der Waals surface area (Å²) in [5.74, 6) is 1.41. The number of anilines is 1. The minimum absolute atomic E-state index is 0.122. The first-order valence-electron chi connectivity index (χ1n) is 6.06. The molecule has 0 spiro atoms. The number of nitrogens with two attached hydrogens (primary N) is 1. The summed E-state index contributed by atoms with van der Waals surface area (Å²) in [5.41, 5.74) is 6.03. The molecule has 17 heavy (non-hydrogen) atoms. The van der Waals surface area contributed by atoms with E-state index >= 15 is 0 Å². The van der Waals surface area contributed by atoms with Gasteiger partial charge in [0.2, 0.25) is 5.88 Å². The van der Waals surface area contributed by atoms with Gasteiger partial charge < -0.3 is 15.8 Å². The van der Waals surface area contributed by atoms with Gasteiger partial charge in [-0.3, -0.25) is 0 Å². The van der Waals surface area contributed by atoms with E-state index in [0.29, 0.717) is 11.3 Å². The molecule has 1 aromatic rings. The third-order valence-electron chi connectivity index (χ3n) is 3.03. The van der Waals surface area contributed by atoms with E-state index in [2.05, 4.69) is 15.3 Å². The van der Waals surface area contributed by atoms with Crippen LogP contribution in [0.5, 0.6) is 5.88 Å². The van der Waals surface area contributed by atoms with Gasteiger partial charge in [-0.25, -0.2) is 9.97 Å². The minimum Gasteiger partial charge on any atom is -0.475 e. The van der Waals surface area contributed by atoms with Crippen LogP contribution in [0.3, 0.4) is 0 Å². The molecule has 0 aliphatic heterocycles. The molecule has 0 aromatic carbocycles. The Kier molecular flexibility index (Phi) is 3.47. The monoisotopic (exact) mass is 236 g/mol. The molecule has 1 aliphatic carbocycles. The zero-order valence-electron chi connectivity index (χ0n) is 10.4. The number of hydrogen-bond donors (Lipinski definition) is 2. The Morgan fingerprint density at radius 1 is 1.47 bits per heavy atom. The van der Waals surface area contributed by atoms with E-state index < -0.39 is 0 Å². The van der Waals surface area contributed by atoms with Crippen molar-refractivity contribution in [1.29, 1.82) is 0 Å². The summed E-state index contributed by atoms with van der Waals surface area (Å²) < 4.78 is 5.51. The normalized spacial score (nSPS) is 16.9. The molecule has 1 saturated carbocycles. The maximum Gasteiger partial charge on any atom is 0.218 e. The van der Waals surface area contributed by atoms with Crippen molar-refractivity contribution >= 4 is 5.82 Å². The first kappa shape index (κ1) is 12.1. The van der Waals surface area contributed by atoms with Crippen molar-refractivity contribution < 1.29 is 4.74 Å². The second-order valence-electron chi connectivity index (χ2n) is 4.97. The average molecular weight is 236 g/mol. The molecule has 5 nitrogen and oxygen atoms in total. The first-order chi connectivity index (χ1) is 8.13. The van der Waals surface area contributed by atoms with Crippen LogP contribution in [0.15, 0.2) is 12.4 Å². The largest absolute Gasteiger partial charge is 0.475 e. The Bertz CT molecular complexity index is 377. The van der Waals surface area contributed by atoms with E-state index in [1.807, 2.05) is 19.9 Å². The van der Waals surface area contributed by atoms with E-state index in [4.69, 9.17) is 10.5 Å². The highest BCUT2D eigenvalue weighted by Crippen LogP contribution is 2.44. The Hall–Kier alpha value is -1.36. The zero-order chi connectivity index (χ0) is 12.3. The molecule has 0 bridgehead atoms. The molecular formula is C12H20N4O. The van der Waals surface area contributed by atoms with E-state index in [0.717, 1.165) is 18.9 Å². The summed E-state index contributed by atoms with van der Waals surface area (Å²) in [7, 11) is 0. The highest BCUT2D eigenvalue weighted by Gasteiger charge is 2.40. The molecule has 1 fully saturated rings. The van der Waals surface area contributed by atoms with Crippen LogP contribution in [0.25, 0.3) is 0 Å². The summed E-state index contributed by atoms with van der Waals surface area (Å²) in [6.45, 7) is 5.56. The molecule has 0 atom stereocenters. The number of hydrogen-bond acceptors (Lipinski definition) is 5. The Morgan fingerprint density at radius 3 is 2.82 bits per heavy atom. The lowest BCUT2D eigenvalue weighted by molar-refractivity contribution is 0.232. The van der Waals surface area contributed by atoms with Gasteiger partial charge in [0.15, 0.2) is 0 Å². The van der Waals surface area contributed by atoms with Crippen molar-refractivity contribution in [2.45, 2.75) is 32.8 Å². The number of rotatable bonds is 6. The summed E-state index contributed by atoms with van der Waals surface area (Å²) >= 11 is 0. The van der Waals surface area contributed by atoms with E-state index in [1.165, 1.54) is 19.2 Å². The van der Waals surface area contributed by atoms with Gasteiger partial charge in [-0.1, -0.05) is 0 Å². The molecule has 1 aliphatic rings. The fourth-order valence-corrected chi connectivity index (χ4v) is 1.65. The maximum atomic E-state index is 5.73. The van der Waals surface area contributed by atoms with Crippen molar-refractivity contribution in [2.75, 3.05) is 18.4 Å². The molecular weight excluding hydrogens is 216 g/mol. The van der Waals surface area contributed by atoms with Gasteiger partial charge in [0, 0.05) is 12.6 Å². The van der Waals surface area contributed by atoms with Crippen molar-refractivity contribution in [3.63, 3.8) is 0 Å². The fraction of sp³-hybridized carbons (Fsp3) is 0.667. The van der Waals surface area contributed by atoms with E-state index in [-0.39, 0.29) is 6.10 Å². The van der Waals surface area contributed by atoms with Crippen LogP contribution in [-0.4, -0.2) is 29.2 Å². The third-order valence-corrected chi connectivity index (χ3v) is 3.03. The van der Waals surface area contributed by atoms with Crippen LogP contribution in [-0.2, 0) is 0 Å². The molecule has 3 N–H and O–H groups in total. The van der Waals surface area contributed by atoms with Crippen molar-refractivity contribution in [3.05, 3.63) is 12.4 Å². The predicted molar refractivity (Wildman–Crippen MR) is 67.0 cm³/mol. The predicted octanol–water partition coefficient (Wildman–Crippen LogP) is 1.41. The molecule has 0 amide bonds. The number of nitrogens with zero attached hydrogens (tertiary/aromatic N) is 2. The third kappa shape index (κ3) is 3.30. The lowest BCUT2D eigenvalue weighted by Crippen LogP contribution is -2.24. The molecule has 0 unspecified atom stereocenters. The van der Waals surface area contributed by atoms with Crippen LogP contribution >= 0.6 is 0 Å². The fourth-order valence-electron chi connectivity index (χ4n) is 1.65. The molecule has 0 saturated heterocycles. The smallest absolute Gasteiger partial charge is 0.218 e. The number of nitrogens with one attached hydrogen (secondary N) is 1. The Balaban J connectivity index is 1.92. The first-order valence-corrected chi connectivity index (χ1v) is 6.06. The van der Waals surface area contributed by atoms with Gasteiger partial charge in [-0.2, -0.15) is 0 Å². The summed E-state index contributed by atoms with van der Waals surface area (Å²) in [5, 5.41) is 3.30. The van der Waals surface area contributed by atoms with Gasteiger partial charge in [-0.15, -0.1) is 0 Å². The number of aromatic nitrogens is 2. The second kappa shape index (κ2) is 4.87. The second-order valence-corrected chi connectivity index (χ2v) is 4.97. The highest BCUT2D eigenvalue weighted by atomic mass is 16.5. The van der Waals surface area contributed by atoms with Gasteiger partial charge in [0.1, 0.15) is 12.1 Å². The van der Waals surface area contributed by atoms with Crippen LogP contribution in [0, 0.1) is 5.41 Å². The lowest BCUT2D eigenvalue weighted by atomic mass is 10.1. The SMILES string of the molecule is CC(C)Oc1cc(NCC2(CN)CC2)ncn1. The van der Waals surface area contributed by atoms with E-state index in [1.54, 1.807) is 0 Å². The topological polar surface area (TPSA) is 73.1 Å². The minimum atomic E-state index is 0.122. The Morgan fingerprint density at radius 2 is 2.24 bits per heavy atom. The van der Waals surface area contributed by atoms with Crippen LogP contribution in [0.4, 0.5) is 5.82 Å². The van der Waals surface area contributed by atoms with Gasteiger partial charge >= 0.3 is 0 Å². The quantitative estimate of drug-likeness (QED) is 0.781. The van der Waals surface area contributed by atoms with Crippen LogP contribution in [0.1, 0.15) is 26.7 Å².